The number of rotatable bonds is 17. The third-order valence-corrected chi connectivity index (χ3v) is 21.5. The molecule has 0 aliphatic rings. The molecule has 0 saturated carbocycles. The number of aromatic nitrogens is 12. The number of aliphatic hydroxyl groups excluding tert-OH is 4. The van der Waals surface area contributed by atoms with Gasteiger partial charge in [-0.2, -0.15) is 0 Å². The SMILES string of the molecule is CC(=O)C=C(C)O.CC(=O)C=C(C)O.CC(=O)C=C(C)O.CC(=O)C=C(C)O.COc1cc[c-]c(-c2ccc3cc(-n4cccc4)c(-n4cccc4)cc3n2)c1.Cc1[c-]c(-c2ccc3cc(-n4cccc4)c(-n4cccc4)cc3n2)cc(C)c1.Cc1c[c-]c(-c2ccc3cc(-n4cccc4)c(-n4cccc4)cc3n2)cc1C.Cc1cc[c-]c(-c2ccc3cc(-n4cccc4)c(-n4cccc4)cc3n2)c1.[Ir].[Ir].[Ir].[Ir]. The van der Waals surface area contributed by atoms with Crippen LogP contribution in [0.2, 0.25) is 0 Å². The summed E-state index contributed by atoms with van der Waals surface area (Å²) in [4.78, 5) is 59.8. The number of methoxy groups -OCH3 is 1. The van der Waals surface area contributed by atoms with E-state index >= 15 is 0 Å². The molecule has 734 valence electrons. The standard InChI is InChI=1S/2C25H20N3.C24H18N3O.C24H18N3.4C5H8O2.4Ir/c1-18-7-8-20(15-19(18)2)22-10-9-21-16-24(27-11-3-4-12-27)25(17-23(21)26-22)28-13-5-6-14-28;1-18-13-19(2)15-21(14-18)22-8-7-20-16-24(27-9-3-4-10-27)25(17-23(20)26-22)28-11-5-6-12-28;1-28-20-8-6-7-18(15-20)21-10-9-19-16-23(26-11-2-3-12-26)24(17-22(19)25-21)27-13-4-5-14-27;1-18-7-6-8-19(15-18)21-10-9-20-16-23(26-11-2-3-12-26)24(17-22(20)25-21)27-13-4-5-14-27;4*1-4(6)3-5(2)7;;;;/h3-7,9-17H,1-2H3;3-14,16-17H,1-2H3;2-6,8-17H,1H3;2-7,9-17H,1H3;4*3,6H,1-2H3;;;;/q4*-1;;;;;;;;. The van der Waals surface area contributed by atoms with Crippen molar-refractivity contribution in [2.45, 2.75) is 90.0 Å². The summed E-state index contributed by atoms with van der Waals surface area (Å²) in [6.07, 6.45) is 37.7. The van der Waals surface area contributed by atoms with Crippen LogP contribution in [-0.2, 0) is 99.6 Å². The molecule has 25 heteroatoms. The van der Waals surface area contributed by atoms with Crippen LogP contribution < -0.4 is 4.74 Å². The summed E-state index contributed by atoms with van der Waals surface area (Å²) in [5.74, 6) is 0.548. The van der Waals surface area contributed by atoms with Gasteiger partial charge in [-0.15, -0.1) is 135 Å². The fourth-order valence-corrected chi connectivity index (χ4v) is 15.3. The zero-order chi connectivity index (χ0) is 98.8. The van der Waals surface area contributed by atoms with Crippen LogP contribution in [0.4, 0.5) is 0 Å². The topological polar surface area (TPSA) is 249 Å². The first kappa shape index (κ1) is 111. The normalized spacial score (nSPS) is 10.9. The fraction of sp³-hybridized carbons (Fsp3) is 0.119. The van der Waals surface area contributed by atoms with Gasteiger partial charge in [-0.3, -0.25) is 39.1 Å². The smallest absolute Gasteiger partial charge is 0.155 e. The Bertz CT molecular complexity index is 7610. The molecular weight excluding hydrogens is 2500 g/mol. The van der Waals surface area contributed by atoms with Crippen molar-refractivity contribution in [2.24, 2.45) is 0 Å². The molecule has 0 unspecified atom stereocenters. The number of carbonyl (C=O) groups is 4. The Hall–Kier alpha value is -15.1. The average Bonchev–Trinajstić information content (AvgIpc) is 1.67. The number of allylic oxidation sites excluding steroid dienone is 8. The number of fused-ring (bicyclic) bond motifs is 4. The summed E-state index contributed by atoms with van der Waals surface area (Å²) >= 11 is 0. The summed E-state index contributed by atoms with van der Waals surface area (Å²) in [5, 5.41) is 37.9. The average molecular weight is 2610 g/mol. The van der Waals surface area contributed by atoms with Crippen molar-refractivity contribution >= 4 is 66.7 Å². The van der Waals surface area contributed by atoms with Crippen LogP contribution in [0.3, 0.4) is 0 Å². The molecule has 8 aromatic carbocycles. The van der Waals surface area contributed by atoms with E-state index in [1.54, 1.807) is 7.11 Å². The van der Waals surface area contributed by atoms with Gasteiger partial charge in [-0.25, -0.2) is 0 Å². The van der Waals surface area contributed by atoms with Crippen LogP contribution in [0.15, 0.2) is 401 Å². The van der Waals surface area contributed by atoms with E-state index in [0.29, 0.717) is 0 Å². The Morgan fingerprint density at radius 2 is 0.524 bits per heavy atom. The maximum Gasteiger partial charge on any atom is 0.155 e. The molecule has 0 saturated heterocycles. The van der Waals surface area contributed by atoms with Gasteiger partial charge in [0.05, 0.1) is 97.7 Å². The molecule has 0 spiro atoms. The van der Waals surface area contributed by atoms with Gasteiger partial charge in [0.25, 0.3) is 0 Å². The van der Waals surface area contributed by atoms with Gasteiger partial charge in [0, 0.05) is 231 Å². The molecule has 0 bridgehead atoms. The Balaban J connectivity index is 0.000000193. The summed E-state index contributed by atoms with van der Waals surface area (Å²) in [6.45, 7) is 21.9. The van der Waals surface area contributed by atoms with E-state index in [-0.39, 0.29) is 127 Å². The quantitative estimate of drug-likeness (QED) is 0.0377. The summed E-state index contributed by atoms with van der Waals surface area (Å²) < 4.78 is 22.4. The zero-order valence-corrected chi connectivity index (χ0v) is 90.9. The first-order chi connectivity index (χ1) is 67.0. The Labute approximate surface area is 887 Å². The van der Waals surface area contributed by atoms with Crippen molar-refractivity contribution < 1.29 is 125 Å². The van der Waals surface area contributed by atoms with Crippen molar-refractivity contribution in [1.82, 2.24) is 56.5 Å². The second kappa shape index (κ2) is 53.5. The van der Waals surface area contributed by atoms with E-state index in [0.717, 1.165) is 145 Å². The van der Waals surface area contributed by atoms with Gasteiger partial charge in [-0.1, -0.05) is 83.1 Å². The van der Waals surface area contributed by atoms with Gasteiger partial charge < -0.3 is 61.7 Å². The summed E-state index contributed by atoms with van der Waals surface area (Å²) in [5.41, 5.74) is 26.5. The fourth-order valence-electron chi connectivity index (χ4n) is 15.3. The number of benzene rings is 8. The van der Waals surface area contributed by atoms with Crippen LogP contribution in [0.1, 0.15) is 83.2 Å². The molecule has 143 heavy (non-hydrogen) atoms. The zero-order valence-electron chi connectivity index (χ0n) is 81.3. The number of nitrogens with zero attached hydrogens (tertiary/aromatic N) is 12. The van der Waals surface area contributed by atoms with E-state index in [9.17, 15) is 19.2 Å². The molecule has 20 rings (SSSR count). The second-order valence-corrected chi connectivity index (χ2v) is 33.1. The number of carbonyl (C=O) groups excluding carboxylic acids is 4. The first-order valence-electron chi connectivity index (χ1n) is 44.9. The Morgan fingerprint density at radius 1 is 0.280 bits per heavy atom. The Kier molecular flexibility index (Phi) is 41.7. The molecular formula is C118H108Ir4N12O9-4. The van der Waals surface area contributed by atoms with Gasteiger partial charge in [0.1, 0.15) is 0 Å². The van der Waals surface area contributed by atoms with Crippen molar-refractivity contribution in [3.05, 3.63) is 453 Å². The molecule has 12 heterocycles. The van der Waals surface area contributed by atoms with E-state index in [1.165, 1.54) is 102 Å². The molecule has 21 nitrogen and oxygen atoms in total. The first-order valence-corrected chi connectivity index (χ1v) is 44.9. The third-order valence-electron chi connectivity index (χ3n) is 21.5. The minimum atomic E-state index is -0.125. The maximum absolute atomic E-state index is 10.0. The predicted molar refractivity (Wildman–Crippen MR) is 557 cm³/mol. The summed E-state index contributed by atoms with van der Waals surface area (Å²) in [7, 11) is 1.67. The molecule has 12 aromatic heterocycles. The molecule has 4 N–H and O–H groups in total. The molecule has 0 aliphatic heterocycles. The van der Waals surface area contributed by atoms with Crippen molar-refractivity contribution in [3.63, 3.8) is 0 Å². The van der Waals surface area contributed by atoms with E-state index < -0.39 is 0 Å². The molecule has 0 aliphatic carbocycles. The number of hydrogen-bond acceptors (Lipinski definition) is 13. The number of ether oxygens (including phenoxy) is 1. The number of ketones is 4. The number of aliphatic hydroxyl groups is 4. The molecule has 0 fully saturated rings. The maximum atomic E-state index is 10.0. The number of hydrogen-bond donors (Lipinski definition) is 4. The molecule has 0 amide bonds. The van der Waals surface area contributed by atoms with Crippen LogP contribution in [-0.4, -0.2) is 107 Å². The minimum absolute atomic E-state index is 0. The van der Waals surface area contributed by atoms with E-state index in [2.05, 4.69) is 304 Å². The van der Waals surface area contributed by atoms with Gasteiger partial charge in [0.2, 0.25) is 0 Å². The van der Waals surface area contributed by atoms with Gasteiger partial charge >= 0.3 is 0 Å². The van der Waals surface area contributed by atoms with Gasteiger partial charge in [-0.05, 0) is 224 Å². The predicted octanol–water partition coefficient (Wildman–Crippen LogP) is 26.8. The molecule has 4 radical (unpaired) electrons. The van der Waals surface area contributed by atoms with E-state index in [4.69, 9.17) is 45.1 Å². The number of aryl methyl sites for hydroxylation is 5. The molecule has 20 aromatic rings. The van der Waals surface area contributed by atoms with E-state index in [1.807, 2.05) is 146 Å². The van der Waals surface area contributed by atoms with Crippen molar-refractivity contribution in [2.75, 3.05) is 7.11 Å². The van der Waals surface area contributed by atoms with Crippen LogP contribution in [0, 0.1) is 58.9 Å². The third kappa shape index (κ3) is 31.2. The monoisotopic (exact) mass is 2610 g/mol. The number of pyridine rings is 4. The van der Waals surface area contributed by atoms with Crippen LogP contribution in [0.25, 0.3) is 134 Å². The molecule has 0 atom stereocenters. The van der Waals surface area contributed by atoms with Crippen LogP contribution in [0.5, 0.6) is 5.75 Å². The second-order valence-electron chi connectivity index (χ2n) is 33.1. The Morgan fingerprint density at radius 3 is 0.762 bits per heavy atom. The largest absolute Gasteiger partial charge is 0.516 e. The van der Waals surface area contributed by atoms with Gasteiger partial charge in [0.15, 0.2) is 23.1 Å². The summed E-state index contributed by atoms with van der Waals surface area (Å²) in [6, 6.07) is 100. The van der Waals surface area contributed by atoms with Crippen LogP contribution >= 0.6 is 0 Å². The van der Waals surface area contributed by atoms with Crippen molar-refractivity contribution in [1.29, 1.82) is 0 Å². The van der Waals surface area contributed by atoms with Crippen molar-refractivity contribution in [3.8, 4) is 96.3 Å². The minimum Gasteiger partial charge on any atom is -0.516 e.